The Labute approximate surface area is 153 Å². The molecule has 0 aliphatic heterocycles. The van der Waals surface area contributed by atoms with Crippen LogP contribution in [-0.4, -0.2) is 18.9 Å². The van der Waals surface area contributed by atoms with Crippen LogP contribution < -0.4 is 9.47 Å². The van der Waals surface area contributed by atoms with Gasteiger partial charge in [0.15, 0.2) is 6.61 Å². The Balaban J connectivity index is 1.41. The first-order chi connectivity index (χ1) is 12.8. The maximum absolute atomic E-state index is 5.75. The highest BCUT2D eigenvalue weighted by Gasteiger charge is 1.99. The summed E-state index contributed by atoms with van der Waals surface area (Å²) in [5, 5.41) is 4.10. The van der Waals surface area contributed by atoms with Crippen molar-refractivity contribution in [1.29, 1.82) is 0 Å². The quantitative estimate of drug-likeness (QED) is 0.315. The molecule has 3 aromatic carbocycles. The molecule has 0 heterocycles. The zero-order valence-electron chi connectivity index (χ0n) is 14.7. The topological polar surface area (TPSA) is 40.0 Å². The summed E-state index contributed by atoms with van der Waals surface area (Å²) in [6.45, 7) is 2.72. The summed E-state index contributed by atoms with van der Waals surface area (Å²) >= 11 is 0. The van der Waals surface area contributed by atoms with E-state index >= 15 is 0 Å². The summed E-state index contributed by atoms with van der Waals surface area (Å²) in [5.41, 5.74) is 1.88. The van der Waals surface area contributed by atoms with Crippen molar-refractivity contribution in [3.05, 3.63) is 90.5 Å². The Hall–Kier alpha value is -3.27. The number of nitrogens with zero attached hydrogens (tertiary/aromatic N) is 1. The first-order valence-electron chi connectivity index (χ1n) is 8.49. The lowest BCUT2D eigenvalue weighted by Gasteiger charge is -2.08. The molecule has 26 heavy (non-hydrogen) atoms. The van der Waals surface area contributed by atoms with Gasteiger partial charge in [0, 0.05) is 0 Å². The third kappa shape index (κ3) is 5.38. The smallest absolute Gasteiger partial charge is 0.151 e. The van der Waals surface area contributed by atoms with E-state index in [4.69, 9.17) is 14.3 Å². The average molecular weight is 347 g/mol. The molecule has 0 unspecified atom stereocenters. The number of para-hydroxylation sites is 1. The third-order valence-corrected chi connectivity index (χ3v) is 3.64. The van der Waals surface area contributed by atoms with E-state index in [2.05, 4.69) is 5.16 Å². The predicted molar refractivity (Wildman–Crippen MR) is 103 cm³/mol. The van der Waals surface area contributed by atoms with E-state index in [-0.39, 0.29) is 0 Å². The van der Waals surface area contributed by atoms with Crippen LogP contribution >= 0.6 is 0 Å². The molecule has 0 fully saturated rings. The van der Waals surface area contributed by atoms with Gasteiger partial charge >= 0.3 is 0 Å². The Bertz CT molecular complexity index is 815. The van der Waals surface area contributed by atoms with Gasteiger partial charge in [-0.2, -0.15) is 0 Å². The third-order valence-electron chi connectivity index (χ3n) is 3.64. The molecule has 0 aliphatic carbocycles. The molecule has 3 aromatic rings. The van der Waals surface area contributed by atoms with Gasteiger partial charge in [-0.05, 0) is 48.9 Å². The van der Waals surface area contributed by atoms with Crippen molar-refractivity contribution in [3.63, 3.8) is 0 Å². The molecule has 132 valence electrons. The SMILES string of the molecule is C/C(=N/OCCOc1ccc(Oc2ccccc2)cc1)c1ccccc1. The minimum absolute atomic E-state index is 0.381. The zero-order chi connectivity index (χ0) is 18.0. The second-order valence-electron chi connectivity index (χ2n) is 5.61. The summed E-state index contributed by atoms with van der Waals surface area (Å²) in [6, 6.07) is 27.1. The van der Waals surface area contributed by atoms with Crippen molar-refractivity contribution in [2.24, 2.45) is 5.16 Å². The minimum Gasteiger partial charge on any atom is -0.490 e. The van der Waals surface area contributed by atoms with E-state index < -0.39 is 0 Å². The number of benzene rings is 3. The van der Waals surface area contributed by atoms with Crippen LogP contribution in [0.3, 0.4) is 0 Å². The van der Waals surface area contributed by atoms with E-state index in [1.54, 1.807) is 0 Å². The monoisotopic (exact) mass is 347 g/mol. The van der Waals surface area contributed by atoms with Gasteiger partial charge in [-0.1, -0.05) is 53.7 Å². The average Bonchev–Trinajstić information content (AvgIpc) is 2.70. The Morgan fingerprint density at radius 3 is 1.96 bits per heavy atom. The highest BCUT2D eigenvalue weighted by atomic mass is 16.6. The van der Waals surface area contributed by atoms with E-state index in [1.165, 1.54) is 0 Å². The van der Waals surface area contributed by atoms with Crippen LogP contribution in [0.5, 0.6) is 17.2 Å². The van der Waals surface area contributed by atoms with Gasteiger partial charge < -0.3 is 14.3 Å². The fraction of sp³-hybridized carbons (Fsp3) is 0.136. The number of oxime groups is 1. The van der Waals surface area contributed by atoms with Crippen LogP contribution in [0.2, 0.25) is 0 Å². The molecule has 0 N–H and O–H groups in total. The zero-order valence-corrected chi connectivity index (χ0v) is 14.7. The van der Waals surface area contributed by atoms with Crippen LogP contribution in [0.4, 0.5) is 0 Å². The van der Waals surface area contributed by atoms with Crippen molar-refractivity contribution in [1.82, 2.24) is 0 Å². The molecule has 0 atom stereocenters. The molecule has 0 saturated heterocycles. The Morgan fingerprint density at radius 2 is 1.27 bits per heavy atom. The van der Waals surface area contributed by atoms with E-state index in [0.717, 1.165) is 28.5 Å². The van der Waals surface area contributed by atoms with Gasteiger partial charge in [-0.25, -0.2) is 0 Å². The van der Waals surface area contributed by atoms with E-state index in [1.807, 2.05) is 91.9 Å². The van der Waals surface area contributed by atoms with Gasteiger partial charge in [0.05, 0.1) is 5.71 Å². The second kappa shape index (κ2) is 9.28. The fourth-order valence-corrected chi connectivity index (χ4v) is 2.30. The summed E-state index contributed by atoms with van der Waals surface area (Å²) in [5.74, 6) is 2.34. The maximum Gasteiger partial charge on any atom is 0.151 e. The van der Waals surface area contributed by atoms with Gasteiger partial charge in [-0.15, -0.1) is 0 Å². The molecule has 4 nitrogen and oxygen atoms in total. The van der Waals surface area contributed by atoms with Crippen molar-refractivity contribution < 1.29 is 14.3 Å². The Kier molecular flexibility index (Phi) is 6.26. The lowest BCUT2D eigenvalue weighted by atomic mass is 10.1. The molecule has 0 saturated carbocycles. The molecule has 0 aliphatic rings. The van der Waals surface area contributed by atoms with Gasteiger partial charge in [0.2, 0.25) is 0 Å². The van der Waals surface area contributed by atoms with Gasteiger partial charge in [0.1, 0.15) is 23.9 Å². The lowest BCUT2D eigenvalue weighted by Crippen LogP contribution is -2.05. The van der Waals surface area contributed by atoms with Crippen LogP contribution in [0, 0.1) is 0 Å². The highest BCUT2D eigenvalue weighted by Crippen LogP contribution is 2.23. The van der Waals surface area contributed by atoms with E-state index in [0.29, 0.717) is 13.2 Å². The van der Waals surface area contributed by atoms with Crippen LogP contribution in [-0.2, 0) is 4.84 Å². The van der Waals surface area contributed by atoms with Crippen LogP contribution in [0.1, 0.15) is 12.5 Å². The standard InChI is InChI=1S/C22H21NO3/c1-18(19-8-4-2-5-9-19)23-25-17-16-24-20-12-14-22(15-13-20)26-21-10-6-3-7-11-21/h2-15H,16-17H2,1H3/b23-18-. The normalized spacial score (nSPS) is 11.0. The lowest BCUT2D eigenvalue weighted by molar-refractivity contribution is 0.107. The number of hydrogen-bond acceptors (Lipinski definition) is 4. The second-order valence-corrected chi connectivity index (χ2v) is 5.61. The molecule has 0 aromatic heterocycles. The number of rotatable bonds is 8. The molecular weight excluding hydrogens is 326 g/mol. The van der Waals surface area contributed by atoms with Crippen LogP contribution in [0.25, 0.3) is 0 Å². The van der Waals surface area contributed by atoms with Crippen molar-refractivity contribution in [3.8, 4) is 17.2 Å². The summed E-state index contributed by atoms with van der Waals surface area (Å²) in [7, 11) is 0. The van der Waals surface area contributed by atoms with E-state index in [9.17, 15) is 0 Å². The minimum atomic E-state index is 0.381. The molecule has 4 heteroatoms. The molecule has 0 radical (unpaired) electrons. The molecular formula is C22H21NO3. The van der Waals surface area contributed by atoms with Gasteiger partial charge in [0.25, 0.3) is 0 Å². The number of ether oxygens (including phenoxy) is 2. The van der Waals surface area contributed by atoms with Crippen molar-refractivity contribution in [2.45, 2.75) is 6.92 Å². The first kappa shape index (κ1) is 17.5. The molecule has 0 spiro atoms. The Morgan fingerprint density at radius 1 is 0.692 bits per heavy atom. The fourth-order valence-electron chi connectivity index (χ4n) is 2.30. The summed E-state index contributed by atoms with van der Waals surface area (Å²) in [4.78, 5) is 5.31. The molecule has 0 amide bonds. The largest absolute Gasteiger partial charge is 0.490 e. The molecule has 3 rings (SSSR count). The highest BCUT2D eigenvalue weighted by molar-refractivity contribution is 5.98. The van der Waals surface area contributed by atoms with Crippen molar-refractivity contribution in [2.75, 3.05) is 13.2 Å². The van der Waals surface area contributed by atoms with Gasteiger partial charge in [-0.3, -0.25) is 0 Å². The van der Waals surface area contributed by atoms with Crippen LogP contribution in [0.15, 0.2) is 90.1 Å². The number of hydrogen-bond donors (Lipinski definition) is 0. The van der Waals surface area contributed by atoms with Crippen molar-refractivity contribution >= 4 is 5.71 Å². The summed E-state index contributed by atoms with van der Waals surface area (Å²) in [6.07, 6.45) is 0. The summed E-state index contributed by atoms with van der Waals surface area (Å²) < 4.78 is 11.4. The first-order valence-corrected chi connectivity index (χ1v) is 8.49. The maximum atomic E-state index is 5.75. The predicted octanol–water partition coefficient (Wildman–Crippen LogP) is 5.30. The molecule has 0 bridgehead atoms.